The van der Waals surface area contributed by atoms with E-state index in [-0.39, 0.29) is 12.1 Å². The zero-order valence-electron chi connectivity index (χ0n) is 18.1. The first kappa shape index (κ1) is 22.1. The standard InChI is InChI=1S/C24H30N2O4S2/c27-31(28,23-13-7-17-3-1-5-19(17)15-23)25-21-9-11-22(12-10-21)26-32(29,30)24-14-8-18-4-2-6-20(18)16-24/h7-8,13-16,21-22,25-26H,1-6,9-12H2. The van der Waals surface area contributed by atoms with Crippen LogP contribution in [0, 0.1) is 0 Å². The third kappa shape index (κ3) is 4.51. The zero-order valence-corrected chi connectivity index (χ0v) is 19.8. The van der Waals surface area contributed by atoms with Crippen LogP contribution >= 0.6 is 0 Å². The lowest BCUT2D eigenvalue weighted by Gasteiger charge is -2.29. The van der Waals surface area contributed by atoms with Crippen molar-refractivity contribution in [1.82, 2.24) is 9.44 Å². The SMILES string of the molecule is O=S(=O)(NC1CCC(NS(=O)(=O)c2ccc3c(c2)CCC3)CC1)c1ccc2c(c1)CCC2. The average Bonchev–Trinajstić information content (AvgIpc) is 3.42. The molecule has 2 aromatic rings. The van der Waals surface area contributed by atoms with Crippen LogP contribution in [0.5, 0.6) is 0 Å². The second kappa shape index (κ2) is 8.56. The molecule has 0 aliphatic heterocycles. The van der Waals surface area contributed by atoms with Crippen LogP contribution in [0.2, 0.25) is 0 Å². The molecule has 0 saturated heterocycles. The second-order valence-corrected chi connectivity index (χ2v) is 12.8. The van der Waals surface area contributed by atoms with E-state index in [1.54, 1.807) is 24.3 Å². The molecule has 8 heteroatoms. The highest BCUT2D eigenvalue weighted by Gasteiger charge is 2.29. The van der Waals surface area contributed by atoms with Gasteiger partial charge >= 0.3 is 0 Å². The van der Waals surface area contributed by atoms with E-state index >= 15 is 0 Å². The Morgan fingerprint density at radius 3 is 1.34 bits per heavy atom. The third-order valence-corrected chi connectivity index (χ3v) is 10.2. The molecule has 2 aromatic carbocycles. The predicted octanol–water partition coefficient (Wildman–Crippen LogP) is 3.23. The predicted molar refractivity (Wildman–Crippen MR) is 124 cm³/mol. The smallest absolute Gasteiger partial charge is 0.208 e. The summed E-state index contributed by atoms with van der Waals surface area (Å²) < 4.78 is 57.1. The van der Waals surface area contributed by atoms with Crippen molar-refractivity contribution in [3.63, 3.8) is 0 Å². The molecule has 0 unspecified atom stereocenters. The molecule has 0 radical (unpaired) electrons. The second-order valence-electron chi connectivity index (χ2n) is 9.36. The Kier molecular flexibility index (Phi) is 5.90. The molecule has 0 amide bonds. The number of hydrogen-bond acceptors (Lipinski definition) is 4. The number of nitrogens with one attached hydrogen (secondary N) is 2. The molecule has 0 bridgehead atoms. The number of benzene rings is 2. The Morgan fingerprint density at radius 2 is 0.938 bits per heavy atom. The molecule has 0 aromatic heterocycles. The van der Waals surface area contributed by atoms with Gasteiger partial charge in [0.05, 0.1) is 9.79 Å². The van der Waals surface area contributed by atoms with Crippen molar-refractivity contribution < 1.29 is 16.8 Å². The molecule has 3 aliphatic carbocycles. The highest BCUT2D eigenvalue weighted by molar-refractivity contribution is 7.89. The minimum absolute atomic E-state index is 0.172. The van der Waals surface area contributed by atoms with E-state index < -0.39 is 20.0 Å². The van der Waals surface area contributed by atoms with E-state index in [0.717, 1.165) is 49.7 Å². The summed E-state index contributed by atoms with van der Waals surface area (Å²) in [4.78, 5) is 0.662. The summed E-state index contributed by atoms with van der Waals surface area (Å²) in [5.74, 6) is 0. The van der Waals surface area contributed by atoms with Crippen LogP contribution in [0.1, 0.15) is 60.8 Å². The minimum atomic E-state index is -3.57. The van der Waals surface area contributed by atoms with Gasteiger partial charge in [-0.2, -0.15) is 0 Å². The highest BCUT2D eigenvalue weighted by atomic mass is 32.2. The summed E-state index contributed by atoms with van der Waals surface area (Å²) >= 11 is 0. The molecule has 3 aliphatic rings. The topological polar surface area (TPSA) is 92.3 Å². The van der Waals surface area contributed by atoms with Crippen molar-refractivity contribution in [3.8, 4) is 0 Å². The largest absolute Gasteiger partial charge is 0.240 e. The number of aryl methyl sites for hydroxylation is 4. The van der Waals surface area contributed by atoms with Crippen LogP contribution in [0.15, 0.2) is 46.2 Å². The molecule has 172 valence electrons. The fourth-order valence-corrected chi connectivity index (χ4v) is 8.05. The van der Waals surface area contributed by atoms with E-state index in [4.69, 9.17) is 0 Å². The van der Waals surface area contributed by atoms with E-state index in [1.807, 2.05) is 12.1 Å². The quantitative estimate of drug-likeness (QED) is 0.672. The van der Waals surface area contributed by atoms with Gasteiger partial charge in [-0.3, -0.25) is 0 Å². The molecular weight excluding hydrogens is 444 g/mol. The third-order valence-electron chi connectivity index (χ3n) is 7.13. The number of sulfonamides is 2. The molecule has 5 rings (SSSR count). The number of hydrogen-bond donors (Lipinski definition) is 2. The monoisotopic (exact) mass is 474 g/mol. The van der Waals surface area contributed by atoms with Gasteiger partial charge in [-0.1, -0.05) is 12.1 Å². The van der Waals surface area contributed by atoms with Crippen LogP contribution in [0.3, 0.4) is 0 Å². The summed E-state index contributed by atoms with van der Waals surface area (Å²) in [6.07, 6.45) is 8.53. The Balaban J connectivity index is 1.19. The maximum Gasteiger partial charge on any atom is 0.240 e. The van der Waals surface area contributed by atoms with Crippen molar-refractivity contribution in [3.05, 3.63) is 58.7 Å². The molecule has 1 saturated carbocycles. The number of rotatable bonds is 6. The normalized spacial score (nSPS) is 23.1. The summed E-state index contributed by atoms with van der Waals surface area (Å²) in [5, 5.41) is 0. The number of fused-ring (bicyclic) bond motifs is 2. The van der Waals surface area contributed by atoms with E-state index in [1.165, 1.54) is 11.1 Å². The first-order valence-corrected chi connectivity index (χ1v) is 14.6. The van der Waals surface area contributed by atoms with Gasteiger partial charge < -0.3 is 0 Å². The van der Waals surface area contributed by atoms with Crippen LogP contribution in [0.25, 0.3) is 0 Å². The van der Waals surface area contributed by atoms with Crippen molar-refractivity contribution in [2.45, 2.75) is 86.1 Å². The fraction of sp³-hybridized carbons (Fsp3) is 0.500. The van der Waals surface area contributed by atoms with Gasteiger partial charge in [0, 0.05) is 12.1 Å². The van der Waals surface area contributed by atoms with Gasteiger partial charge in [-0.25, -0.2) is 26.3 Å². The molecular formula is C24H30N2O4S2. The lowest BCUT2D eigenvalue weighted by Crippen LogP contribution is -2.43. The molecule has 32 heavy (non-hydrogen) atoms. The Morgan fingerprint density at radius 1 is 0.562 bits per heavy atom. The van der Waals surface area contributed by atoms with E-state index in [0.29, 0.717) is 35.5 Å². The van der Waals surface area contributed by atoms with Crippen molar-refractivity contribution in [2.75, 3.05) is 0 Å². The summed E-state index contributed by atoms with van der Waals surface area (Å²) in [7, 11) is -7.14. The average molecular weight is 475 g/mol. The van der Waals surface area contributed by atoms with Crippen molar-refractivity contribution in [1.29, 1.82) is 0 Å². The zero-order chi connectivity index (χ0) is 22.3. The van der Waals surface area contributed by atoms with Gasteiger partial charge in [-0.15, -0.1) is 0 Å². The first-order valence-electron chi connectivity index (χ1n) is 11.6. The van der Waals surface area contributed by atoms with Gasteiger partial charge in [0.15, 0.2) is 0 Å². The molecule has 0 heterocycles. The van der Waals surface area contributed by atoms with Gasteiger partial charge in [0.2, 0.25) is 20.0 Å². The van der Waals surface area contributed by atoms with Crippen molar-refractivity contribution in [2.24, 2.45) is 0 Å². The summed E-state index contributed by atoms with van der Waals surface area (Å²) in [5.41, 5.74) is 4.77. The maximum absolute atomic E-state index is 12.9. The van der Waals surface area contributed by atoms with Gasteiger partial charge in [0.25, 0.3) is 0 Å². The van der Waals surface area contributed by atoms with E-state index in [9.17, 15) is 16.8 Å². The lowest BCUT2D eigenvalue weighted by molar-refractivity contribution is 0.356. The van der Waals surface area contributed by atoms with Gasteiger partial charge in [-0.05, 0) is 111 Å². The molecule has 2 N–H and O–H groups in total. The van der Waals surface area contributed by atoms with Gasteiger partial charge in [0.1, 0.15) is 0 Å². The molecule has 0 spiro atoms. The molecule has 0 atom stereocenters. The maximum atomic E-state index is 12.9. The Labute approximate surface area is 190 Å². The summed E-state index contributed by atoms with van der Waals surface area (Å²) in [6.45, 7) is 0. The van der Waals surface area contributed by atoms with E-state index in [2.05, 4.69) is 9.44 Å². The fourth-order valence-electron chi connectivity index (χ4n) is 5.33. The van der Waals surface area contributed by atoms with Crippen molar-refractivity contribution >= 4 is 20.0 Å². The first-order chi connectivity index (χ1) is 15.3. The van der Waals surface area contributed by atoms with Crippen LogP contribution in [0.4, 0.5) is 0 Å². The Hall–Kier alpha value is -1.74. The van der Waals surface area contributed by atoms with Crippen LogP contribution in [-0.2, 0) is 45.7 Å². The Bertz CT molecular complexity index is 1130. The minimum Gasteiger partial charge on any atom is -0.208 e. The lowest BCUT2D eigenvalue weighted by atomic mass is 9.92. The molecule has 1 fully saturated rings. The highest BCUT2D eigenvalue weighted by Crippen LogP contribution is 2.28. The molecule has 6 nitrogen and oxygen atoms in total. The summed E-state index contributed by atoms with van der Waals surface area (Å²) in [6, 6.07) is 10.5. The van der Waals surface area contributed by atoms with Crippen LogP contribution in [-0.4, -0.2) is 28.9 Å². The van der Waals surface area contributed by atoms with Crippen LogP contribution < -0.4 is 9.44 Å².